The third kappa shape index (κ3) is 1.71. The van der Waals surface area contributed by atoms with Gasteiger partial charge in [0.2, 0.25) is 0 Å². The Balaban J connectivity index is 2.23. The van der Waals surface area contributed by atoms with Gasteiger partial charge in [0, 0.05) is 17.6 Å². The molecule has 0 aliphatic heterocycles. The molecule has 14 heavy (non-hydrogen) atoms. The van der Waals surface area contributed by atoms with E-state index in [1.54, 1.807) is 17.7 Å². The quantitative estimate of drug-likeness (QED) is 0.838. The molecule has 0 radical (unpaired) electrons. The first-order chi connectivity index (χ1) is 6.81. The van der Waals surface area contributed by atoms with E-state index in [1.165, 1.54) is 0 Å². The minimum Gasteiger partial charge on any atom is -0.381 e. The van der Waals surface area contributed by atoms with Crippen molar-refractivity contribution >= 4 is 11.3 Å². The molecule has 0 saturated carbocycles. The Labute approximate surface area is 86.7 Å². The van der Waals surface area contributed by atoms with Crippen LogP contribution in [0.3, 0.4) is 0 Å². The van der Waals surface area contributed by atoms with E-state index in [2.05, 4.69) is 4.98 Å². The second-order valence-electron chi connectivity index (χ2n) is 3.05. The summed E-state index contributed by atoms with van der Waals surface area (Å²) in [6.45, 7) is 2.92. The third-order valence-electron chi connectivity index (χ3n) is 2.11. The zero-order chi connectivity index (χ0) is 9.97. The van der Waals surface area contributed by atoms with E-state index in [4.69, 9.17) is 0 Å². The van der Waals surface area contributed by atoms with Gasteiger partial charge >= 0.3 is 0 Å². The Bertz CT molecular complexity index is 394. The summed E-state index contributed by atoms with van der Waals surface area (Å²) >= 11 is 1.54. The predicted octanol–water partition coefficient (Wildman–Crippen LogP) is 2.05. The van der Waals surface area contributed by atoms with Crippen molar-refractivity contribution < 1.29 is 5.11 Å². The zero-order valence-corrected chi connectivity index (χ0v) is 8.74. The topological polar surface area (TPSA) is 38.0 Å². The molecule has 0 spiro atoms. The van der Waals surface area contributed by atoms with Crippen LogP contribution in [-0.4, -0.2) is 14.7 Å². The normalized spacial score (nSPS) is 13.0. The van der Waals surface area contributed by atoms with Gasteiger partial charge in [0.1, 0.15) is 6.10 Å². The maximum Gasteiger partial charge on any atom is 0.132 e. The number of aromatic nitrogens is 2. The summed E-state index contributed by atoms with van der Waals surface area (Å²) in [5.74, 6) is 0. The first kappa shape index (κ1) is 9.43. The van der Waals surface area contributed by atoms with Crippen LogP contribution in [0.1, 0.15) is 23.6 Å². The maximum atomic E-state index is 9.92. The minimum atomic E-state index is -0.581. The van der Waals surface area contributed by atoms with Crippen LogP contribution in [0.15, 0.2) is 30.0 Å². The molecule has 0 amide bonds. The molecule has 3 nitrogen and oxygen atoms in total. The average molecular weight is 208 g/mol. The summed E-state index contributed by atoms with van der Waals surface area (Å²) < 4.78 is 1.95. The summed E-state index contributed by atoms with van der Waals surface area (Å²) in [7, 11) is 0. The highest BCUT2D eigenvalue weighted by molar-refractivity contribution is 7.10. The van der Waals surface area contributed by atoms with Crippen molar-refractivity contribution in [2.75, 3.05) is 0 Å². The molecule has 1 unspecified atom stereocenters. The van der Waals surface area contributed by atoms with Gasteiger partial charge in [-0.25, -0.2) is 4.98 Å². The highest BCUT2D eigenvalue weighted by atomic mass is 32.1. The first-order valence-electron chi connectivity index (χ1n) is 4.54. The van der Waals surface area contributed by atoms with E-state index in [1.807, 2.05) is 35.2 Å². The molecule has 0 fully saturated rings. The molecule has 2 rings (SSSR count). The predicted molar refractivity (Wildman–Crippen MR) is 56.3 cm³/mol. The average Bonchev–Trinajstić information content (AvgIpc) is 2.88. The SMILES string of the molecule is CCn1cnc(C(O)c2cccs2)c1. The number of nitrogens with zero attached hydrogens (tertiary/aromatic N) is 2. The highest BCUT2D eigenvalue weighted by Crippen LogP contribution is 2.24. The van der Waals surface area contributed by atoms with E-state index < -0.39 is 6.10 Å². The van der Waals surface area contributed by atoms with E-state index in [0.29, 0.717) is 5.69 Å². The van der Waals surface area contributed by atoms with Crippen LogP contribution in [0.5, 0.6) is 0 Å². The molecule has 74 valence electrons. The van der Waals surface area contributed by atoms with E-state index in [-0.39, 0.29) is 0 Å². The number of aliphatic hydroxyl groups is 1. The summed E-state index contributed by atoms with van der Waals surface area (Å²) in [6, 6.07) is 3.85. The summed E-state index contributed by atoms with van der Waals surface area (Å²) in [6.07, 6.45) is 3.04. The first-order valence-corrected chi connectivity index (χ1v) is 5.42. The van der Waals surface area contributed by atoms with Crippen LogP contribution < -0.4 is 0 Å². The molecular formula is C10H12N2OS. The van der Waals surface area contributed by atoms with Crippen molar-refractivity contribution in [3.05, 3.63) is 40.6 Å². The highest BCUT2D eigenvalue weighted by Gasteiger charge is 2.13. The molecule has 2 heterocycles. The van der Waals surface area contributed by atoms with Crippen LogP contribution in [0.4, 0.5) is 0 Å². The second kappa shape index (κ2) is 3.94. The molecule has 4 heteroatoms. The van der Waals surface area contributed by atoms with Gasteiger partial charge in [-0.05, 0) is 18.4 Å². The fourth-order valence-electron chi connectivity index (χ4n) is 1.28. The Morgan fingerprint density at radius 3 is 3.07 bits per heavy atom. The van der Waals surface area contributed by atoms with Gasteiger partial charge in [-0.1, -0.05) is 6.07 Å². The molecule has 1 atom stereocenters. The molecular weight excluding hydrogens is 196 g/mol. The van der Waals surface area contributed by atoms with Crippen LogP contribution in [0.25, 0.3) is 0 Å². The fraction of sp³-hybridized carbons (Fsp3) is 0.300. The number of hydrogen-bond acceptors (Lipinski definition) is 3. The third-order valence-corrected chi connectivity index (χ3v) is 3.04. The zero-order valence-electron chi connectivity index (χ0n) is 7.92. The lowest BCUT2D eigenvalue weighted by Gasteiger charge is -2.03. The number of rotatable bonds is 3. The molecule has 2 aromatic heterocycles. The van der Waals surface area contributed by atoms with Crippen LogP contribution in [0, 0.1) is 0 Å². The summed E-state index contributed by atoms with van der Waals surface area (Å²) in [4.78, 5) is 5.10. The molecule has 2 aromatic rings. The second-order valence-corrected chi connectivity index (χ2v) is 4.03. The van der Waals surface area contributed by atoms with Gasteiger partial charge in [0.05, 0.1) is 12.0 Å². The van der Waals surface area contributed by atoms with Crippen LogP contribution in [-0.2, 0) is 6.54 Å². The summed E-state index contributed by atoms with van der Waals surface area (Å²) in [5, 5.41) is 11.9. The Hall–Kier alpha value is -1.13. The monoisotopic (exact) mass is 208 g/mol. The molecule has 0 bridgehead atoms. The molecule has 0 saturated heterocycles. The smallest absolute Gasteiger partial charge is 0.132 e. The standard InChI is InChI=1S/C10H12N2OS/c1-2-12-6-8(11-7-12)10(13)9-4-3-5-14-9/h3-7,10,13H,2H2,1H3. The van der Waals surface area contributed by atoms with E-state index >= 15 is 0 Å². The lowest BCUT2D eigenvalue weighted by molar-refractivity contribution is 0.219. The van der Waals surface area contributed by atoms with Gasteiger partial charge in [-0.15, -0.1) is 11.3 Å². The largest absolute Gasteiger partial charge is 0.381 e. The van der Waals surface area contributed by atoms with Crippen molar-refractivity contribution in [2.24, 2.45) is 0 Å². The van der Waals surface area contributed by atoms with Crippen molar-refractivity contribution in [1.82, 2.24) is 9.55 Å². The molecule has 0 aliphatic rings. The van der Waals surface area contributed by atoms with Crippen LogP contribution in [0.2, 0.25) is 0 Å². The van der Waals surface area contributed by atoms with E-state index in [9.17, 15) is 5.11 Å². The molecule has 0 aliphatic carbocycles. The number of aryl methyl sites for hydroxylation is 1. The lowest BCUT2D eigenvalue weighted by atomic mass is 10.2. The molecule has 1 N–H and O–H groups in total. The van der Waals surface area contributed by atoms with E-state index in [0.717, 1.165) is 11.4 Å². The Morgan fingerprint density at radius 2 is 2.50 bits per heavy atom. The van der Waals surface area contributed by atoms with Gasteiger partial charge < -0.3 is 9.67 Å². The van der Waals surface area contributed by atoms with Gasteiger partial charge in [0.15, 0.2) is 0 Å². The number of thiophene rings is 1. The van der Waals surface area contributed by atoms with Gasteiger partial charge in [-0.3, -0.25) is 0 Å². The van der Waals surface area contributed by atoms with Crippen molar-refractivity contribution in [1.29, 1.82) is 0 Å². The van der Waals surface area contributed by atoms with Gasteiger partial charge in [-0.2, -0.15) is 0 Å². The number of hydrogen-bond donors (Lipinski definition) is 1. The lowest BCUT2D eigenvalue weighted by Crippen LogP contribution is -1.97. The minimum absolute atomic E-state index is 0.581. The molecule has 0 aromatic carbocycles. The Morgan fingerprint density at radius 1 is 1.64 bits per heavy atom. The van der Waals surface area contributed by atoms with Crippen molar-refractivity contribution in [3.8, 4) is 0 Å². The number of imidazole rings is 1. The van der Waals surface area contributed by atoms with Crippen molar-refractivity contribution in [2.45, 2.75) is 19.6 Å². The Kier molecular flexibility index (Phi) is 2.65. The fourth-order valence-corrected chi connectivity index (χ4v) is 2.01. The maximum absolute atomic E-state index is 9.92. The number of aliphatic hydroxyl groups excluding tert-OH is 1. The van der Waals surface area contributed by atoms with Crippen LogP contribution >= 0.6 is 11.3 Å². The van der Waals surface area contributed by atoms with Gasteiger partial charge in [0.25, 0.3) is 0 Å². The summed E-state index contributed by atoms with van der Waals surface area (Å²) in [5.41, 5.74) is 0.717. The van der Waals surface area contributed by atoms with Crippen molar-refractivity contribution in [3.63, 3.8) is 0 Å².